The highest BCUT2D eigenvalue weighted by Crippen LogP contribution is 2.43. The number of nitrogens with one attached hydrogen (secondary N) is 1. The quantitative estimate of drug-likeness (QED) is 0.419. The summed E-state index contributed by atoms with van der Waals surface area (Å²) in [7, 11) is 1.37. The van der Waals surface area contributed by atoms with Gasteiger partial charge in [0.25, 0.3) is 5.69 Å². The van der Waals surface area contributed by atoms with Gasteiger partial charge in [-0.2, -0.15) is 0 Å². The zero-order valence-electron chi connectivity index (χ0n) is 17.0. The summed E-state index contributed by atoms with van der Waals surface area (Å²) in [6.45, 7) is 7.05. The predicted octanol–water partition coefficient (Wildman–Crippen LogP) is 2.96. The summed E-state index contributed by atoms with van der Waals surface area (Å²) in [4.78, 5) is 36.1. The van der Waals surface area contributed by atoms with E-state index in [-0.39, 0.29) is 35.8 Å². The van der Waals surface area contributed by atoms with Crippen molar-refractivity contribution in [3.05, 3.63) is 56.4 Å². The van der Waals surface area contributed by atoms with Gasteiger partial charge in [0.05, 0.1) is 48.4 Å². The van der Waals surface area contributed by atoms with Crippen LogP contribution in [0.2, 0.25) is 0 Å². The van der Waals surface area contributed by atoms with E-state index in [1.807, 2.05) is 0 Å². The molecule has 9 nitrogen and oxygen atoms in total. The third-order valence-corrected chi connectivity index (χ3v) is 4.49. The Balaban J connectivity index is 2.76. The largest absolute Gasteiger partial charge is 0.496 e. The normalized spacial score (nSPS) is 14.4. The standard InChI is InChI=1S/C20H24N2O7/c1-6-28-19(23)16-11(3)21-12(4)17(20(24)29-7-2)18(16)14-9-8-13(22(25)26)10-15(14)27-5/h8-10,18,21H,6-7H2,1-5H3. The van der Waals surface area contributed by atoms with Crippen molar-refractivity contribution in [3.63, 3.8) is 0 Å². The lowest BCUT2D eigenvalue weighted by atomic mass is 9.80. The number of rotatable bonds is 7. The Hall–Kier alpha value is -3.36. The molecule has 0 aromatic heterocycles. The minimum absolute atomic E-state index is 0.150. The van der Waals surface area contributed by atoms with Crippen LogP contribution < -0.4 is 10.1 Å². The van der Waals surface area contributed by atoms with Gasteiger partial charge in [-0.25, -0.2) is 9.59 Å². The van der Waals surface area contributed by atoms with Crippen LogP contribution >= 0.6 is 0 Å². The van der Waals surface area contributed by atoms with Crippen molar-refractivity contribution in [1.29, 1.82) is 0 Å². The van der Waals surface area contributed by atoms with Gasteiger partial charge < -0.3 is 19.5 Å². The van der Waals surface area contributed by atoms with Crippen LogP contribution in [0.15, 0.2) is 40.7 Å². The number of nitrogens with zero attached hydrogens (tertiary/aromatic N) is 1. The third kappa shape index (κ3) is 4.39. The molecule has 0 saturated heterocycles. The van der Waals surface area contributed by atoms with Gasteiger partial charge in [0.2, 0.25) is 0 Å². The second kappa shape index (κ2) is 9.22. The number of ether oxygens (including phenoxy) is 3. The van der Waals surface area contributed by atoms with E-state index in [0.717, 1.165) is 0 Å². The highest BCUT2D eigenvalue weighted by atomic mass is 16.6. The molecular formula is C20H24N2O7. The number of methoxy groups -OCH3 is 1. The summed E-state index contributed by atoms with van der Waals surface area (Å²) < 4.78 is 15.8. The number of benzene rings is 1. The number of hydrogen-bond acceptors (Lipinski definition) is 8. The number of nitro benzene ring substituents is 1. The van der Waals surface area contributed by atoms with Crippen LogP contribution in [0.25, 0.3) is 0 Å². The average molecular weight is 404 g/mol. The summed E-state index contributed by atoms with van der Waals surface area (Å²) in [5.41, 5.74) is 1.71. The lowest BCUT2D eigenvalue weighted by molar-refractivity contribution is -0.384. The Morgan fingerprint density at radius 2 is 1.59 bits per heavy atom. The first-order chi connectivity index (χ1) is 13.8. The Labute approximate surface area is 168 Å². The summed E-state index contributed by atoms with van der Waals surface area (Å²) in [5.74, 6) is -1.89. The fourth-order valence-corrected chi connectivity index (χ4v) is 3.32. The minimum atomic E-state index is -0.870. The predicted molar refractivity (Wildman–Crippen MR) is 104 cm³/mol. The molecule has 0 bridgehead atoms. The molecule has 1 aliphatic rings. The van der Waals surface area contributed by atoms with E-state index in [2.05, 4.69) is 5.32 Å². The van der Waals surface area contributed by atoms with E-state index in [0.29, 0.717) is 17.0 Å². The number of esters is 2. The molecule has 0 saturated carbocycles. The Morgan fingerprint density at radius 3 is 2.00 bits per heavy atom. The van der Waals surface area contributed by atoms with Gasteiger partial charge >= 0.3 is 11.9 Å². The molecule has 9 heteroatoms. The number of non-ortho nitro benzene ring substituents is 1. The second-order valence-electron chi connectivity index (χ2n) is 6.26. The van der Waals surface area contributed by atoms with Crippen molar-refractivity contribution in [3.8, 4) is 5.75 Å². The Kier molecular flexibility index (Phi) is 6.98. The van der Waals surface area contributed by atoms with Gasteiger partial charge in [0.1, 0.15) is 5.75 Å². The molecule has 0 atom stereocenters. The molecule has 1 aromatic carbocycles. The van der Waals surface area contributed by atoms with Gasteiger partial charge in [0.15, 0.2) is 0 Å². The first-order valence-corrected chi connectivity index (χ1v) is 9.11. The molecule has 0 fully saturated rings. The maximum atomic E-state index is 12.8. The molecule has 0 amide bonds. The molecule has 1 aromatic rings. The molecule has 0 spiro atoms. The molecule has 0 unspecified atom stereocenters. The molecule has 1 aliphatic heterocycles. The van der Waals surface area contributed by atoms with Crippen LogP contribution in [0.3, 0.4) is 0 Å². The van der Waals surface area contributed by atoms with Crippen LogP contribution in [-0.2, 0) is 19.1 Å². The van der Waals surface area contributed by atoms with Gasteiger partial charge in [-0.3, -0.25) is 10.1 Å². The van der Waals surface area contributed by atoms with Crippen molar-refractivity contribution in [1.82, 2.24) is 5.32 Å². The van der Waals surface area contributed by atoms with Crippen LogP contribution in [0.5, 0.6) is 5.75 Å². The lowest BCUT2D eigenvalue weighted by Gasteiger charge is -2.31. The second-order valence-corrected chi connectivity index (χ2v) is 6.26. The molecule has 1 heterocycles. The SMILES string of the molecule is CCOC(=O)C1=C(C)NC(C)=C(C(=O)OCC)C1c1ccc([N+](=O)[O-])cc1OC. The fraction of sp³-hybridized carbons (Fsp3) is 0.400. The summed E-state index contributed by atoms with van der Waals surface area (Å²) >= 11 is 0. The number of dihydropyridines is 1. The van der Waals surface area contributed by atoms with Crippen LogP contribution in [0, 0.1) is 10.1 Å². The average Bonchev–Trinajstić information content (AvgIpc) is 2.66. The summed E-state index contributed by atoms with van der Waals surface area (Å²) in [6, 6.07) is 4.04. The monoisotopic (exact) mass is 404 g/mol. The van der Waals surface area contributed by atoms with Crippen molar-refractivity contribution in [2.24, 2.45) is 0 Å². The van der Waals surface area contributed by atoms with Gasteiger partial charge in [-0.15, -0.1) is 0 Å². The smallest absolute Gasteiger partial charge is 0.336 e. The highest BCUT2D eigenvalue weighted by molar-refractivity contribution is 6.00. The van der Waals surface area contributed by atoms with Crippen molar-refractivity contribution in [2.75, 3.05) is 20.3 Å². The van der Waals surface area contributed by atoms with Crippen molar-refractivity contribution in [2.45, 2.75) is 33.6 Å². The maximum Gasteiger partial charge on any atom is 0.336 e. The molecule has 0 aliphatic carbocycles. The number of carbonyl (C=O) groups excluding carboxylic acids is 2. The number of carbonyl (C=O) groups is 2. The zero-order valence-corrected chi connectivity index (χ0v) is 17.0. The van der Waals surface area contributed by atoms with Gasteiger partial charge in [0, 0.05) is 23.0 Å². The van der Waals surface area contributed by atoms with Crippen molar-refractivity contribution >= 4 is 17.6 Å². The fourth-order valence-electron chi connectivity index (χ4n) is 3.32. The third-order valence-electron chi connectivity index (χ3n) is 4.49. The van der Waals surface area contributed by atoms with Gasteiger partial charge in [-0.05, 0) is 33.8 Å². The summed E-state index contributed by atoms with van der Waals surface area (Å²) in [5, 5.41) is 14.2. The molecule has 1 N–H and O–H groups in total. The summed E-state index contributed by atoms with van der Waals surface area (Å²) in [6.07, 6.45) is 0. The molecule has 0 radical (unpaired) electrons. The highest BCUT2D eigenvalue weighted by Gasteiger charge is 2.39. The Bertz CT molecular complexity index is 862. The van der Waals surface area contributed by atoms with Crippen LogP contribution in [-0.4, -0.2) is 37.2 Å². The zero-order chi connectivity index (χ0) is 21.7. The van der Waals surface area contributed by atoms with Crippen LogP contribution in [0.4, 0.5) is 5.69 Å². The minimum Gasteiger partial charge on any atom is -0.496 e. The molecule has 156 valence electrons. The number of hydrogen-bond donors (Lipinski definition) is 1. The maximum absolute atomic E-state index is 12.8. The first-order valence-electron chi connectivity index (χ1n) is 9.11. The van der Waals surface area contributed by atoms with Crippen molar-refractivity contribution < 1.29 is 28.7 Å². The molecular weight excluding hydrogens is 380 g/mol. The molecule has 29 heavy (non-hydrogen) atoms. The van der Waals surface area contributed by atoms with E-state index >= 15 is 0 Å². The van der Waals surface area contributed by atoms with Crippen LogP contribution in [0.1, 0.15) is 39.2 Å². The number of nitro groups is 1. The van der Waals surface area contributed by atoms with Gasteiger partial charge in [-0.1, -0.05) is 0 Å². The van der Waals surface area contributed by atoms with E-state index in [1.54, 1.807) is 27.7 Å². The lowest BCUT2D eigenvalue weighted by Crippen LogP contribution is -2.32. The van der Waals surface area contributed by atoms with E-state index in [1.165, 1.54) is 25.3 Å². The number of allylic oxidation sites excluding steroid dienone is 2. The first kappa shape index (κ1) is 21.9. The van der Waals surface area contributed by atoms with E-state index in [9.17, 15) is 19.7 Å². The van der Waals surface area contributed by atoms with E-state index < -0.39 is 22.8 Å². The topological polar surface area (TPSA) is 117 Å². The Morgan fingerprint density at radius 1 is 1.07 bits per heavy atom. The molecule has 2 rings (SSSR count). The van der Waals surface area contributed by atoms with E-state index in [4.69, 9.17) is 14.2 Å².